The summed E-state index contributed by atoms with van der Waals surface area (Å²) in [7, 11) is 1.85. The van der Waals surface area contributed by atoms with Crippen molar-refractivity contribution in [3.8, 4) is 0 Å². The maximum Gasteiger partial charge on any atom is 0.234 e. The molecular formula is C21H41N5O2. The van der Waals surface area contributed by atoms with E-state index in [4.69, 9.17) is 4.74 Å². The molecule has 0 spiro atoms. The first-order chi connectivity index (χ1) is 13.2. The third-order valence-corrected chi connectivity index (χ3v) is 5.52. The molecule has 7 nitrogen and oxygen atoms in total. The predicted octanol–water partition coefficient (Wildman–Crippen LogP) is 1.55. The van der Waals surface area contributed by atoms with Crippen LogP contribution >= 0.6 is 0 Å². The molecule has 2 aliphatic heterocycles. The van der Waals surface area contributed by atoms with Gasteiger partial charge in [0.2, 0.25) is 5.91 Å². The van der Waals surface area contributed by atoms with E-state index in [1.54, 1.807) is 0 Å². The van der Waals surface area contributed by atoms with Crippen molar-refractivity contribution in [1.29, 1.82) is 0 Å². The molecule has 162 valence electrons. The molecule has 2 rings (SSSR count). The second-order valence-corrected chi connectivity index (χ2v) is 9.47. The van der Waals surface area contributed by atoms with Gasteiger partial charge >= 0.3 is 0 Å². The number of ether oxygens (including phenoxy) is 1. The molecule has 0 radical (unpaired) electrons. The van der Waals surface area contributed by atoms with Crippen LogP contribution in [0.4, 0.5) is 0 Å². The molecule has 28 heavy (non-hydrogen) atoms. The van der Waals surface area contributed by atoms with Crippen LogP contribution in [0, 0.1) is 11.3 Å². The minimum atomic E-state index is 0.108. The van der Waals surface area contributed by atoms with E-state index in [1.807, 2.05) is 20.9 Å². The van der Waals surface area contributed by atoms with E-state index < -0.39 is 0 Å². The molecule has 2 saturated heterocycles. The summed E-state index contributed by atoms with van der Waals surface area (Å²) in [6.45, 7) is 16.6. The van der Waals surface area contributed by atoms with Crippen molar-refractivity contribution < 1.29 is 9.53 Å². The van der Waals surface area contributed by atoms with Gasteiger partial charge in [-0.2, -0.15) is 0 Å². The zero-order chi connectivity index (χ0) is 20.7. The maximum atomic E-state index is 12.0. The van der Waals surface area contributed by atoms with Crippen LogP contribution in [-0.2, 0) is 9.53 Å². The second-order valence-electron chi connectivity index (χ2n) is 9.47. The third kappa shape index (κ3) is 6.92. The number of aliphatic imine (C=N–C) groups is 1. The number of carbonyl (C=O) groups excluding carboxylic acids is 1. The Labute approximate surface area is 171 Å². The summed E-state index contributed by atoms with van der Waals surface area (Å²) in [4.78, 5) is 21.0. The summed E-state index contributed by atoms with van der Waals surface area (Å²) in [5, 5.41) is 6.56. The van der Waals surface area contributed by atoms with Crippen LogP contribution in [0.3, 0.4) is 0 Å². The monoisotopic (exact) mass is 395 g/mol. The van der Waals surface area contributed by atoms with Crippen molar-refractivity contribution in [2.24, 2.45) is 16.3 Å². The highest BCUT2D eigenvalue weighted by atomic mass is 16.5. The Morgan fingerprint density at radius 1 is 1.21 bits per heavy atom. The van der Waals surface area contributed by atoms with Crippen LogP contribution in [0.1, 0.15) is 47.5 Å². The van der Waals surface area contributed by atoms with Crippen LogP contribution in [0.5, 0.6) is 0 Å². The molecule has 2 atom stereocenters. The van der Waals surface area contributed by atoms with Gasteiger partial charge in [-0.3, -0.25) is 14.7 Å². The van der Waals surface area contributed by atoms with Gasteiger partial charge in [0.1, 0.15) is 0 Å². The Balaban J connectivity index is 1.80. The highest BCUT2D eigenvalue weighted by Gasteiger charge is 2.35. The normalized spacial score (nSPS) is 25.1. The lowest BCUT2D eigenvalue weighted by atomic mass is 9.78. The average molecular weight is 396 g/mol. The lowest BCUT2D eigenvalue weighted by Gasteiger charge is -2.41. The quantitative estimate of drug-likeness (QED) is 0.546. The minimum absolute atomic E-state index is 0.108. The van der Waals surface area contributed by atoms with Crippen molar-refractivity contribution in [3.63, 3.8) is 0 Å². The molecule has 1 amide bonds. The molecule has 2 fully saturated rings. The molecular weight excluding hydrogens is 354 g/mol. The molecule has 0 aromatic carbocycles. The average Bonchev–Trinajstić information content (AvgIpc) is 2.62. The van der Waals surface area contributed by atoms with Crippen molar-refractivity contribution in [1.82, 2.24) is 20.4 Å². The number of rotatable bonds is 5. The molecule has 0 aliphatic carbocycles. The van der Waals surface area contributed by atoms with Gasteiger partial charge in [0.15, 0.2) is 5.96 Å². The first-order valence-electron chi connectivity index (χ1n) is 10.8. The van der Waals surface area contributed by atoms with Gasteiger partial charge in [0.05, 0.1) is 12.6 Å². The largest absolute Gasteiger partial charge is 0.377 e. The Kier molecular flexibility index (Phi) is 8.56. The summed E-state index contributed by atoms with van der Waals surface area (Å²) in [6, 6.07) is 0.192. The smallest absolute Gasteiger partial charge is 0.234 e. The van der Waals surface area contributed by atoms with Crippen molar-refractivity contribution >= 4 is 11.9 Å². The van der Waals surface area contributed by atoms with Crippen molar-refractivity contribution in [2.45, 2.75) is 59.6 Å². The van der Waals surface area contributed by atoms with E-state index in [-0.39, 0.29) is 23.5 Å². The highest BCUT2D eigenvalue weighted by molar-refractivity contribution is 5.80. The fourth-order valence-electron chi connectivity index (χ4n) is 4.25. The Bertz CT molecular complexity index is 521. The number of hydrogen-bond donors (Lipinski definition) is 2. The molecule has 2 aliphatic rings. The lowest BCUT2D eigenvalue weighted by Crippen LogP contribution is -2.55. The molecule has 0 aromatic heterocycles. The Morgan fingerprint density at radius 2 is 1.89 bits per heavy atom. The maximum absolute atomic E-state index is 12.0. The highest BCUT2D eigenvalue weighted by Crippen LogP contribution is 2.33. The fraction of sp³-hybridized carbons (Fsp3) is 0.905. The van der Waals surface area contributed by atoms with E-state index >= 15 is 0 Å². The van der Waals surface area contributed by atoms with Gasteiger partial charge < -0.3 is 20.3 Å². The van der Waals surface area contributed by atoms with Crippen LogP contribution in [0.2, 0.25) is 0 Å². The summed E-state index contributed by atoms with van der Waals surface area (Å²) in [6.07, 6.45) is 2.61. The minimum Gasteiger partial charge on any atom is -0.377 e. The lowest BCUT2D eigenvalue weighted by molar-refractivity contribution is -0.123. The van der Waals surface area contributed by atoms with Crippen molar-refractivity contribution in [2.75, 3.05) is 52.9 Å². The number of amides is 1. The van der Waals surface area contributed by atoms with E-state index in [1.165, 1.54) is 6.42 Å². The molecule has 2 heterocycles. The SMILES string of the molecule is CN=C(NCC1CCCOC1C(C)(C)C)N1CCN(CC(=O)NC(C)C)CC1. The first kappa shape index (κ1) is 22.9. The third-order valence-electron chi connectivity index (χ3n) is 5.52. The van der Waals surface area contributed by atoms with Gasteiger partial charge in [0, 0.05) is 58.3 Å². The molecule has 0 saturated carbocycles. The van der Waals surface area contributed by atoms with E-state index in [2.05, 4.69) is 46.2 Å². The van der Waals surface area contributed by atoms with Crippen LogP contribution in [0.25, 0.3) is 0 Å². The van der Waals surface area contributed by atoms with Crippen LogP contribution < -0.4 is 10.6 Å². The summed E-state index contributed by atoms with van der Waals surface area (Å²) in [5.74, 6) is 1.58. The second kappa shape index (κ2) is 10.4. The van der Waals surface area contributed by atoms with E-state index in [0.29, 0.717) is 12.5 Å². The topological polar surface area (TPSA) is 69.2 Å². The number of nitrogens with zero attached hydrogens (tertiary/aromatic N) is 3. The number of guanidine groups is 1. The van der Waals surface area contributed by atoms with Crippen LogP contribution in [0.15, 0.2) is 4.99 Å². The number of nitrogens with one attached hydrogen (secondary N) is 2. The number of hydrogen-bond acceptors (Lipinski definition) is 4. The van der Waals surface area contributed by atoms with Crippen LogP contribution in [-0.4, -0.2) is 86.7 Å². The van der Waals surface area contributed by atoms with E-state index in [0.717, 1.165) is 51.7 Å². The summed E-state index contributed by atoms with van der Waals surface area (Å²) in [5.41, 5.74) is 0.151. The Hall–Kier alpha value is -1.34. The van der Waals surface area contributed by atoms with Gasteiger partial charge in [-0.25, -0.2) is 0 Å². The van der Waals surface area contributed by atoms with Gasteiger partial charge in [-0.05, 0) is 32.1 Å². The fourth-order valence-corrected chi connectivity index (χ4v) is 4.25. The standard InChI is InChI=1S/C21H41N5O2/c1-16(2)24-18(27)15-25-9-11-26(12-10-25)20(22-6)23-14-17-8-7-13-28-19(17)21(3,4)5/h16-17,19H,7-15H2,1-6H3,(H,22,23)(H,24,27). The zero-order valence-electron chi connectivity index (χ0n) is 18.8. The molecule has 2 unspecified atom stereocenters. The predicted molar refractivity (Wildman–Crippen MR) is 115 cm³/mol. The summed E-state index contributed by atoms with van der Waals surface area (Å²) >= 11 is 0. The molecule has 0 aromatic rings. The summed E-state index contributed by atoms with van der Waals surface area (Å²) < 4.78 is 6.11. The molecule has 2 N–H and O–H groups in total. The number of piperazine rings is 1. The molecule has 0 bridgehead atoms. The molecule has 7 heteroatoms. The van der Waals surface area contributed by atoms with E-state index in [9.17, 15) is 4.79 Å². The number of carbonyl (C=O) groups is 1. The Morgan fingerprint density at radius 3 is 2.46 bits per heavy atom. The van der Waals surface area contributed by atoms with Crippen molar-refractivity contribution in [3.05, 3.63) is 0 Å². The zero-order valence-corrected chi connectivity index (χ0v) is 18.8. The van der Waals surface area contributed by atoms with Gasteiger partial charge in [-0.15, -0.1) is 0 Å². The van der Waals surface area contributed by atoms with Gasteiger partial charge in [0.25, 0.3) is 0 Å². The van der Waals surface area contributed by atoms with Gasteiger partial charge in [-0.1, -0.05) is 20.8 Å². The first-order valence-corrected chi connectivity index (χ1v) is 10.8.